The van der Waals surface area contributed by atoms with Gasteiger partial charge in [0.25, 0.3) is 0 Å². The van der Waals surface area contributed by atoms with Crippen molar-refractivity contribution in [1.29, 1.82) is 0 Å². The van der Waals surface area contributed by atoms with Crippen LogP contribution in [0.2, 0.25) is 0 Å². The summed E-state index contributed by atoms with van der Waals surface area (Å²) in [5.41, 5.74) is 2.49. The van der Waals surface area contributed by atoms with E-state index in [1.165, 1.54) is 32.0 Å². The van der Waals surface area contributed by atoms with E-state index in [-0.39, 0.29) is 5.91 Å². The van der Waals surface area contributed by atoms with E-state index in [4.69, 9.17) is 9.97 Å². The molecule has 5 nitrogen and oxygen atoms in total. The number of fused-ring (bicyclic) bond motifs is 4. The highest BCUT2D eigenvalue weighted by molar-refractivity contribution is 8.00. The number of carbonyl (C=O) groups is 1. The first-order valence-electron chi connectivity index (χ1n) is 11.2. The number of carbonyl (C=O) groups excluding carboxylic acids is 1. The Kier molecular flexibility index (Phi) is 5.39. The maximum absolute atomic E-state index is 13.2. The number of nitrogens with zero attached hydrogens (tertiary/aromatic N) is 4. The van der Waals surface area contributed by atoms with E-state index in [0.717, 1.165) is 60.0 Å². The standard InChI is InChI=1S/C24H24N4OS3/c1-14-25-23(21-16-7-4-10-18(16)31-24(21)26-14)30-13-20(29)28-11-5-6-15(12-28)22-27-17-8-2-3-9-19(17)32-22/h2-3,8-9,15H,4-7,10-13H2,1H3/t15-/m1/s1. The number of rotatable bonds is 4. The summed E-state index contributed by atoms with van der Waals surface area (Å²) >= 11 is 5.17. The van der Waals surface area contributed by atoms with Gasteiger partial charge < -0.3 is 4.90 Å². The second-order valence-electron chi connectivity index (χ2n) is 8.60. The highest BCUT2D eigenvalue weighted by atomic mass is 32.2. The molecule has 1 saturated heterocycles. The molecule has 1 aliphatic heterocycles. The van der Waals surface area contributed by atoms with Crippen molar-refractivity contribution >= 4 is 60.8 Å². The molecule has 4 heterocycles. The van der Waals surface area contributed by atoms with Crippen molar-refractivity contribution in [3.63, 3.8) is 0 Å². The van der Waals surface area contributed by atoms with Gasteiger partial charge in [0.2, 0.25) is 5.91 Å². The number of para-hydroxylation sites is 1. The molecule has 2 aliphatic rings. The first-order chi connectivity index (χ1) is 15.7. The molecule has 1 aliphatic carbocycles. The third-order valence-corrected chi connectivity index (χ3v) is 9.75. The van der Waals surface area contributed by atoms with Crippen molar-refractivity contribution in [3.8, 4) is 0 Å². The Morgan fingerprint density at radius 2 is 2.06 bits per heavy atom. The SMILES string of the molecule is Cc1nc(SCC(=O)N2CCC[C@@H](c3nc4ccccc4s3)C2)c2c3c(sc2n1)CCC3. The van der Waals surface area contributed by atoms with E-state index in [2.05, 4.69) is 23.2 Å². The Hall–Kier alpha value is -2.03. The fraction of sp³-hybridized carbons (Fsp3) is 0.417. The van der Waals surface area contributed by atoms with Crippen LogP contribution in [0, 0.1) is 6.92 Å². The lowest BCUT2D eigenvalue weighted by atomic mass is 9.99. The Balaban J connectivity index is 1.18. The number of hydrogen-bond donors (Lipinski definition) is 0. The number of thioether (sulfide) groups is 1. The fourth-order valence-corrected chi connectivity index (χ4v) is 8.33. The Bertz CT molecular complexity index is 1290. The molecule has 0 saturated carbocycles. The molecule has 1 aromatic carbocycles. The van der Waals surface area contributed by atoms with Crippen molar-refractivity contribution in [2.45, 2.75) is 50.0 Å². The van der Waals surface area contributed by atoms with Crippen molar-refractivity contribution in [2.75, 3.05) is 18.8 Å². The maximum atomic E-state index is 13.2. The number of thiophene rings is 1. The number of aryl methyl sites for hydroxylation is 3. The lowest BCUT2D eigenvalue weighted by Crippen LogP contribution is -2.40. The van der Waals surface area contributed by atoms with Gasteiger partial charge >= 0.3 is 0 Å². The molecule has 32 heavy (non-hydrogen) atoms. The minimum atomic E-state index is 0.206. The number of likely N-dealkylation sites (tertiary alicyclic amines) is 1. The molecule has 1 amide bonds. The van der Waals surface area contributed by atoms with Crippen molar-refractivity contribution in [1.82, 2.24) is 19.9 Å². The van der Waals surface area contributed by atoms with E-state index in [0.29, 0.717) is 11.7 Å². The summed E-state index contributed by atoms with van der Waals surface area (Å²) in [6, 6.07) is 8.30. The molecule has 0 radical (unpaired) electrons. The van der Waals surface area contributed by atoms with Crippen LogP contribution in [-0.4, -0.2) is 44.6 Å². The largest absolute Gasteiger partial charge is 0.341 e. The molecule has 164 valence electrons. The molecular weight excluding hydrogens is 456 g/mol. The van der Waals surface area contributed by atoms with Crippen molar-refractivity contribution < 1.29 is 4.79 Å². The minimum absolute atomic E-state index is 0.206. The van der Waals surface area contributed by atoms with Crippen molar-refractivity contribution in [3.05, 3.63) is 45.5 Å². The van der Waals surface area contributed by atoms with E-state index in [1.54, 1.807) is 23.1 Å². The van der Waals surface area contributed by atoms with Crippen LogP contribution in [0.3, 0.4) is 0 Å². The second kappa shape index (κ2) is 8.39. The average Bonchev–Trinajstić information content (AvgIpc) is 3.51. The quantitative estimate of drug-likeness (QED) is 0.281. The molecule has 1 fully saturated rings. The highest BCUT2D eigenvalue weighted by Gasteiger charge is 2.28. The number of amides is 1. The van der Waals surface area contributed by atoms with Crippen LogP contribution >= 0.6 is 34.4 Å². The third kappa shape index (κ3) is 3.72. The van der Waals surface area contributed by atoms with Crippen LogP contribution in [0.15, 0.2) is 29.3 Å². The van der Waals surface area contributed by atoms with E-state index in [9.17, 15) is 4.79 Å². The topological polar surface area (TPSA) is 59.0 Å². The van der Waals surface area contributed by atoms with Gasteiger partial charge in [-0.05, 0) is 56.7 Å². The first kappa shape index (κ1) is 20.6. The summed E-state index contributed by atoms with van der Waals surface area (Å²) in [5, 5.41) is 3.36. The van der Waals surface area contributed by atoms with Gasteiger partial charge in [-0.15, -0.1) is 22.7 Å². The maximum Gasteiger partial charge on any atom is 0.233 e. The minimum Gasteiger partial charge on any atom is -0.341 e. The molecule has 8 heteroatoms. The van der Waals surface area contributed by atoms with Gasteiger partial charge in [0.05, 0.1) is 21.0 Å². The highest BCUT2D eigenvalue weighted by Crippen LogP contribution is 2.40. The molecule has 3 aromatic heterocycles. The van der Waals surface area contributed by atoms with Gasteiger partial charge in [-0.3, -0.25) is 4.79 Å². The second-order valence-corrected chi connectivity index (χ2v) is 11.7. The Morgan fingerprint density at radius 1 is 1.16 bits per heavy atom. The summed E-state index contributed by atoms with van der Waals surface area (Å²) in [5.74, 6) is 1.77. The monoisotopic (exact) mass is 480 g/mol. The summed E-state index contributed by atoms with van der Waals surface area (Å²) in [6.07, 6.45) is 5.61. The molecule has 0 spiro atoms. The van der Waals surface area contributed by atoms with Gasteiger partial charge in [0, 0.05) is 29.3 Å². The van der Waals surface area contributed by atoms with Crippen LogP contribution in [-0.2, 0) is 17.6 Å². The number of hydrogen-bond acceptors (Lipinski definition) is 7. The van der Waals surface area contributed by atoms with Crippen molar-refractivity contribution in [2.24, 2.45) is 0 Å². The Morgan fingerprint density at radius 3 is 2.97 bits per heavy atom. The Labute approximate surface area is 199 Å². The molecule has 1 atom stereocenters. The van der Waals surface area contributed by atoms with E-state index in [1.807, 2.05) is 29.2 Å². The third-order valence-electron chi connectivity index (χ3n) is 6.41. The molecule has 0 unspecified atom stereocenters. The number of aromatic nitrogens is 3. The molecule has 0 bridgehead atoms. The van der Waals surface area contributed by atoms with Gasteiger partial charge in [0.1, 0.15) is 15.7 Å². The van der Waals surface area contributed by atoms with Crippen LogP contribution in [0.1, 0.15) is 46.5 Å². The van der Waals surface area contributed by atoms with E-state index < -0.39 is 0 Å². The number of piperidine rings is 1. The average molecular weight is 481 g/mol. The summed E-state index contributed by atoms with van der Waals surface area (Å²) in [4.78, 5) is 32.0. The van der Waals surface area contributed by atoms with Gasteiger partial charge in [-0.25, -0.2) is 15.0 Å². The zero-order chi connectivity index (χ0) is 21.7. The number of benzene rings is 1. The molecular formula is C24H24N4OS3. The summed E-state index contributed by atoms with van der Waals surface area (Å²) in [7, 11) is 0. The first-order valence-corrected chi connectivity index (χ1v) is 13.8. The van der Waals surface area contributed by atoms with Gasteiger partial charge in [-0.2, -0.15) is 0 Å². The molecule has 6 rings (SSSR count). The molecule has 0 N–H and O–H groups in total. The fourth-order valence-electron chi connectivity index (χ4n) is 4.86. The summed E-state index contributed by atoms with van der Waals surface area (Å²) < 4.78 is 1.23. The van der Waals surface area contributed by atoms with Gasteiger partial charge in [-0.1, -0.05) is 23.9 Å². The molecule has 4 aromatic rings. The van der Waals surface area contributed by atoms with E-state index >= 15 is 0 Å². The van der Waals surface area contributed by atoms with Crippen LogP contribution in [0.25, 0.3) is 20.4 Å². The summed E-state index contributed by atoms with van der Waals surface area (Å²) in [6.45, 7) is 3.56. The normalized spacial score (nSPS) is 18.5. The number of thiazole rings is 1. The van der Waals surface area contributed by atoms with Gasteiger partial charge in [0.15, 0.2) is 0 Å². The zero-order valence-electron chi connectivity index (χ0n) is 18.0. The smallest absolute Gasteiger partial charge is 0.233 e. The lowest BCUT2D eigenvalue weighted by molar-refractivity contribution is -0.129. The predicted octanol–water partition coefficient (Wildman–Crippen LogP) is 5.60. The predicted molar refractivity (Wildman–Crippen MR) is 133 cm³/mol. The zero-order valence-corrected chi connectivity index (χ0v) is 20.4. The lowest BCUT2D eigenvalue weighted by Gasteiger charge is -2.31. The van der Waals surface area contributed by atoms with Crippen LogP contribution in [0.4, 0.5) is 0 Å². The van der Waals surface area contributed by atoms with Crippen LogP contribution in [0.5, 0.6) is 0 Å². The van der Waals surface area contributed by atoms with Crippen LogP contribution < -0.4 is 0 Å².